The van der Waals surface area contributed by atoms with Crippen LogP contribution in [0.4, 0.5) is 0 Å². The van der Waals surface area contributed by atoms with Crippen LogP contribution in [0.25, 0.3) is 0 Å². The summed E-state index contributed by atoms with van der Waals surface area (Å²) in [6.07, 6.45) is 0.715. The fourth-order valence-electron chi connectivity index (χ4n) is 0.969. The summed E-state index contributed by atoms with van der Waals surface area (Å²) in [5.74, 6) is 0. The number of aliphatic hydroxyl groups excluding tert-OH is 1. The Bertz CT molecular complexity index is 436. The van der Waals surface area contributed by atoms with E-state index in [4.69, 9.17) is 9.66 Å². The van der Waals surface area contributed by atoms with Gasteiger partial charge in [-0.3, -0.25) is 14.7 Å². The van der Waals surface area contributed by atoms with Crippen LogP contribution in [0.5, 0.6) is 0 Å². The molecule has 0 aliphatic heterocycles. The second-order valence-corrected chi connectivity index (χ2v) is 4.59. The SMILES string of the molecule is CS(=O)(=O)O.O=[N+]([O-])C(CO)c1ccccc1. The smallest absolute Gasteiger partial charge is 0.261 e. The quantitative estimate of drug-likeness (QED) is 0.466. The molecule has 1 unspecified atom stereocenters. The van der Waals surface area contributed by atoms with Gasteiger partial charge in [0.25, 0.3) is 16.2 Å². The molecule has 7 nitrogen and oxygen atoms in total. The molecule has 0 aromatic heterocycles. The highest BCUT2D eigenvalue weighted by Crippen LogP contribution is 2.14. The molecule has 17 heavy (non-hydrogen) atoms. The summed E-state index contributed by atoms with van der Waals surface area (Å²) in [7, 11) is -3.67. The van der Waals surface area contributed by atoms with Crippen LogP contribution in [-0.2, 0) is 10.1 Å². The van der Waals surface area contributed by atoms with Crippen molar-refractivity contribution >= 4 is 10.1 Å². The number of rotatable bonds is 3. The number of benzene rings is 1. The third-order valence-corrected chi connectivity index (χ3v) is 1.61. The molecule has 1 aromatic carbocycles. The maximum absolute atomic E-state index is 10.4. The molecule has 0 amide bonds. The van der Waals surface area contributed by atoms with Crippen LogP contribution >= 0.6 is 0 Å². The van der Waals surface area contributed by atoms with E-state index < -0.39 is 27.7 Å². The molecular formula is C9H13NO6S. The number of aliphatic hydroxyl groups is 1. The molecule has 0 bridgehead atoms. The van der Waals surface area contributed by atoms with E-state index in [1.54, 1.807) is 30.3 Å². The van der Waals surface area contributed by atoms with Gasteiger partial charge >= 0.3 is 0 Å². The second-order valence-electron chi connectivity index (χ2n) is 3.13. The molecule has 0 radical (unpaired) electrons. The van der Waals surface area contributed by atoms with Crippen molar-refractivity contribution in [3.63, 3.8) is 0 Å². The van der Waals surface area contributed by atoms with Crippen molar-refractivity contribution in [2.45, 2.75) is 6.04 Å². The Morgan fingerprint density at radius 2 is 1.76 bits per heavy atom. The first-order valence-corrected chi connectivity index (χ1v) is 6.32. The molecule has 8 heteroatoms. The predicted molar refractivity (Wildman–Crippen MR) is 60.7 cm³/mol. The first-order chi connectivity index (χ1) is 7.75. The van der Waals surface area contributed by atoms with Gasteiger partial charge in [0.15, 0.2) is 0 Å². The number of hydrogen-bond donors (Lipinski definition) is 2. The van der Waals surface area contributed by atoms with Crippen molar-refractivity contribution in [2.24, 2.45) is 0 Å². The lowest BCUT2D eigenvalue weighted by molar-refractivity contribution is -0.532. The van der Waals surface area contributed by atoms with Gasteiger partial charge in [0, 0.05) is 10.5 Å². The van der Waals surface area contributed by atoms with E-state index in [-0.39, 0.29) is 0 Å². The van der Waals surface area contributed by atoms with Crippen LogP contribution in [0.2, 0.25) is 0 Å². The third kappa shape index (κ3) is 8.31. The lowest BCUT2D eigenvalue weighted by Gasteiger charge is -2.04. The van der Waals surface area contributed by atoms with Crippen LogP contribution in [0.3, 0.4) is 0 Å². The molecule has 0 saturated carbocycles. The molecule has 1 atom stereocenters. The average Bonchev–Trinajstić information content (AvgIpc) is 2.17. The van der Waals surface area contributed by atoms with Gasteiger partial charge in [-0.15, -0.1) is 0 Å². The van der Waals surface area contributed by atoms with E-state index in [1.807, 2.05) is 0 Å². The lowest BCUT2D eigenvalue weighted by Crippen LogP contribution is -2.14. The monoisotopic (exact) mass is 263 g/mol. The molecule has 0 fully saturated rings. The van der Waals surface area contributed by atoms with E-state index in [9.17, 15) is 18.5 Å². The van der Waals surface area contributed by atoms with Crippen molar-refractivity contribution in [3.8, 4) is 0 Å². The molecule has 96 valence electrons. The minimum Gasteiger partial charge on any atom is -0.389 e. The molecule has 0 aliphatic carbocycles. The van der Waals surface area contributed by atoms with Gasteiger partial charge in [0.05, 0.1) is 6.26 Å². The van der Waals surface area contributed by atoms with Crippen molar-refractivity contribution in [1.82, 2.24) is 0 Å². The van der Waals surface area contributed by atoms with E-state index in [1.165, 1.54) is 0 Å². The normalized spacial score (nSPS) is 12.2. The van der Waals surface area contributed by atoms with Crippen LogP contribution < -0.4 is 0 Å². The largest absolute Gasteiger partial charge is 0.389 e. The average molecular weight is 263 g/mol. The summed E-state index contributed by atoms with van der Waals surface area (Å²) in [4.78, 5) is 9.89. The van der Waals surface area contributed by atoms with Crippen molar-refractivity contribution in [2.75, 3.05) is 12.9 Å². The van der Waals surface area contributed by atoms with Gasteiger partial charge in [0.1, 0.15) is 6.61 Å². The Hall–Kier alpha value is -1.51. The summed E-state index contributed by atoms with van der Waals surface area (Å²) < 4.78 is 25.9. The van der Waals surface area contributed by atoms with E-state index >= 15 is 0 Å². The third-order valence-electron chi connectivity index (χ3n) is 1.61. The highest BCUT2D eigenvalue weighted by Gasteiger charge is 2.20. The fraction of sp³-hybridized carbons (Fsp3) is 0.333. The highest BCUT2D eigenvalue weighted by molar-refractivity contribution is 7.85. The van der Waals surface area contributed by atoms with Gasteiger partial charge < -0.3 is 5.11 Å². The van der Waals surface area contributed by atoms with Gasteiger partial charge in [-0.05, 0) is 0 Å². The molecule has 0 heterocycles. The molecule has 0 spiro atoms. The maximum atomic E-state index is 10.4. The molecule has 0 aliphatic rings. The molecule has 2 N–H and O–H groups in total. The second kappa shape index (κ2) is 6.94. The summed E-state index contributed by atoms with van der Waals surface area (Å²) in [5.41, 5.74) is 0.532. The summed E-state index contributed by atoms with van der Waals surface area (Å²) in [5, 5.41) is 19.1. The number of hydrogen-bond acceptors (Lipinski definition) is 5. The van der Waals surface area contributed by atoms with Gasteiger partial charge in [-0.1, -0.05) is 30.3 Å². The number of nitrogens with zero attached hydrogens (tertiary/aromatic N) is 1. The first kappa shape index (κ1) is 15.5. The van der Waals surface area contributed by atoms with Crippen molar-refractivity contribution < 1.29 is 23.0 Å². The lowest BCUT2D eigenvalue weighted by atomic mass is 10.1. The van der Waals surface area contributed by atoms with Crippen molar-refractivity contribution in [1.29, 1.82) is 0 Å². The first-order valence-electron chi connectivity index (χ1n) is 4.47. The topological polar surface area (TPSA) is 118 Å². The molecular weight excluding hydrogens is 250 g/mol. The van der Waals surface area contributed by atoms with Crippen LogP contribution in [0, 0.1) is 10.1 Å². The van der Waals surface area contributed by atoms with Gasteiger partial charge in [0.2, 0.25) is 0 Å². The fourth-order valence-corrected chi connectivity index (χ4v) is 0.969. The molecule has 0 saturated heterocycles. The Morgan fingerprint density at radius 1 is 1.35 bits per heavy atom. The van der Waals surface area contributed by atoms with Crippen molar-refractivity contribution in [3.05, 3.63) is 46.0 Å². The van der Waals surface area contributed by atoms with Crippen LogP contribution in [0.15, 0.2) is 30.3 Å². The van der Waals surface area contributed by atoms with Gasteiger partial charge in [-0.25, -0.2) is 0 Å². The van der Waals surface area contributed by atoms with Crippen LogP contribution in [-0.4, -0.2) is 35.9 Å². The Labute approximate surface area is 98.6 Å². The maximum Gasteiger partial charge on any atom is 0.261 e. The van der Waals surface area contributed by atoms with E-state index in [2.05, 4.69) is 0 Å². The Kier molecular flexibility index (Phi) is 6.33. The predicted octanol–water partition coefficient (Wildman–Crippen LogP) is 0.501. The zero-order chi connectivity index (χ0) is 13.5. The Morgan fingerprint density at radius 3 is 2.06 bits per heavy atom. The van der Waals surface area contributed by atoms with Crippen LogP contribution in [0.1, 0.15) is 11.6 Å². The minimum absolute atomic E-state index is 0.461. The standard InChI is InChI=1S/C8H9NO3.CH4O3S/c10-6-8(9(11)12)7-4-2-1-3-5-7;1-5(2,3)4/h1-5,8,10H,6H2;1H3,(H,2,3,4). The molecule has 1 rings (SSSR count). The zero-order valence-corrected chi connectivity index (χ0v) is 9.87. The zero-order valence-electron chi connectivity index (χ0n) is 9.05. The Balaban J connectivity index is 0.000000437. The summed E-state index contributed by atoms with van der Waals surface area (Å²) >= 11 is 0. The molecule has 1 aromatic rings. The van der Waals surface area contributed by atoms with Gasteiger partial charge in [-0.2, -0.15) is 8.42 Å². The number of nitro groups is 1. The van der Waals surface area contributed by atoms with E-state index in [0.717, 1.165) is 0 Å². The van der Waals surface area contributed by atoms with E-state index in [0.29, 0.717) is 11.8 Å². The highest BCUT2D eigenvalue weighted by atomic mass is 32.2. The summed E-state index contributed by atoms with van der Waals surface area (Å²) in [6, 6.07) is 7.46. The minimum atomic E-state index is -3.67. The summed E-state index contributed by atoms with van der Waals surface area (Å²) in [6.45, 7) is -0.461.